The van der Waals surface area contributed by atoms with Gasteiger partial charge in [-0.25, -0.2) is 9.78 Å². The van der Waals surface area contributed by atoms with E-state index in [-0.39, 0.29) is 0 Å². The number of nitrogens with zero attached hydrogens (tertiary/aromatic N) is 2. The first-order valence-electron chi connectivity index (χ1n) is 6.95. The minimum absolute atomic E-state index is 0.393. The molecule has 0 atom stereocenters. The number of methoxy groups -OCH3 is 3. The van der Waals surface area contributed by atoms with Crippen LogP contribution < -0.4 is 9.47 Å². The van der Waals surface area contributed by atoms with Gasteiger partial charge in [0, 0.05) is 11.8 Å². The van der Waals surface area contributed by atoms with E-state index >= 15 is 0 Å². The second-order valence-corrected chi connectivity index (χ2v) is 4.84. The Bertz CT molecular complexity index is 870. The van der Waals surface area contributed by atoms with Gasteiger partial charge in [-0.1, -0.05) is 0 Å². The van der Waals surface area contributed by atoms with Crippen molar-refractivity contribution in [2.75, 3.05) is 21.3 Å². The maximum atomic E-state index is 11.6. The molecule has 0 bridgehead atoms. The van der Waals surface area contributed by atoms with E-state index in [0.29, 0.717) is 17.0 Å². The Morgan fingerprint density at radius 3 is 2.61 bits per heavy atom. The number of benzene rings is 1. The monoisotopic (exact) mass is 312 g/mol. The molecule has 0 aliphatic heterocycles. The summed E-state index contributed by atoms with van der Waals surface area (Å²) in [6.45, 7) is 0. The van der Waals surface area contributed by atoms with E-state index in [4.69, 9.17) is 14.2 Å². The van der Waals surface area contributed by atoms with Crippen LogP contribution in [-0.2, 0) is 4.74 Å². The van der Waals surface area contributed by atoms with Crippen molar-refractivity contribution >= 4 is 11.6 Å². The molecule has 0 spiro atoms. The molecule has 0 radical (unpaired) electrons. The maximum absolute atomic E-state index is 11.6. The number of aromatic nitrogens is 2. The molecule has 118 valence electrons. The minimum atomic E-state index is -0.393. The van der Waals surface area contributed by atoms with Crippen molar-refractivity contribution < 1.29 is 19.0 Å². The van der Waals surface area contributed by atoms with E-state index in [1.165, 1.54) is 7.11 Å². The lowest BCUT2D eigenvalue weighted by atomic mass is 10.1. The molecule has 1 aromatic carbocycles. The summed E-state index contributed by atoms with van der Waals surface area (Å²) >= 11 is 0. The van der Waals surface area contributed by atoms with Crippen molar-refractivity contribution in [3.63, 3.8) is 0 Å². The van der Waals surface area contributed by atoms with Gasteiger partial charge in [-0.3, -0.25) is 4.40 Å². The van der Waals surface area contributed by atoms with Gasteiger partial charge in [0.15, 0.2) is 0 Å². The van der Waals surface area contributed by atoms with Crippen molar-refractivity contribution in [1.82, 2.24) is 9.38 Å². The number of pyridine rings is 1. The highest BCUT2D eigenvalue weighted by Gasteiger charge is 2.14. The van der Waals surface area contributed by atoms with Gasteiger partial charge < -0.3 is 14.2 Å². The normalized spacial score (nSPS) is 10.6. The van der Waals surface area contributed by atoms with Crippen LogP contribution in [0.2, 0.25) is 0 Å². The lowest BCUT2D eigenvalue weighted by Crippen LogP contribution is -2.02. The van der Waals surface area contributed by atoms with Crippen LogP contribution >= 0.6 is 0 Å². The Labute approximate surface area is 133 Å². The fraction of sp³-hybridized carbons (Fsp3) is 0.176. The number of carbonyl (C=O) groups excluding carboxylic acids is 1. The predicted octanol–water partition coefficient (Wildman–Crippen LogP) is 2.81. The summed E-state index contributed by atoms with van der Waals surface area (Å²) in [5.74, 6) is 1.04. The smallest absolute Gasteiger partial charge is 0.338 e. The fourth-order valence-corrected chi connectivity index (χ4v) is 2.44. The molecule has 0 fully saturated rings. The second-order valence-electron chi connectivity index (χ2n) is 4.84. The maximum Gasteiger partial charge on any atom is 0.338 e. The average molecular weight is 312 g/mol. The quantitative estimate of drug-likeness (QED) is 0.693. The summed E-state index contributed by atoms with van der Waals surface area (Å²) in [5.41, 5.74) is 2.79. The van der Waals surface area contributed by atoms with Crippen LogP contribution in [0.5, 0.6) is 11.5 Å². The largest absolute Gasteiger partial charge is 0.497 e. The average Bonchev–Trinajstić information content (AvgIpc) is 3.03. The van der Waals surface area contributed by atoms with Crippen LogP contribution in [0.4, 0.5) is 0 Å². The summed E-state index contributed by atoms with van der Waals surface area (Å²) in [7, 11) is 4.58. The van der Waals surface area contributed by atoms with Crippen LogP contribution in [0, 0.1) is 0 Å². The molecule has 23 heavy (non-hydrogen) atoms. The van der Waals surface area contributed by atoms with Crippen LogP contribution in [0.25, 0.3) is 16.9 Å². The number of hydrogen-bond donors (Lipinski definition) is 0. The molecule has 2 heterocycles. The van der Waals surface area contributed by atoms with E-state index in [1.807, 2.05) is 22.6 Å². The van der Waals surface area contributed by atoms with E-state index in [2.05, 4.69) is 4.98 Å². The van der Waals surface area contributed by atoms with Gasteiger partial charge in [-0.05, 0) is 30.3 Å². The van der Waals surface area contributed by atoms with Crippen LogP contribution in [-0.4, -0.2) is 36.7 Å². The summed E-state index contributed by atoms with van der Waals surface area (Å²) in [6.07, 6.45) is 3.51. The summed E-state index contributed by atoms with van der Waals surface area (Å²) < 4.78 is 17.3. The molecule has 0 saturated carbocycles. The number of fused-ring (bicyclic) bond motifs is 1. The number of imidazole rings is 1. The van der Waals surface area contributed by atoms with Gasteiger partial charge in [-0.15, -0.1) is 0 Å². The molecule has 2 aromatic heterocycles. The highest BCUT2D eigenvalue weighted by molar-refractivity contribution is 5.90. The Morgan fingerprint density at radius 1 is 1.09 bits per heavy atom. The highest BCUT2D eigenvalue weighted by atomic mass is 16.5. The molecule has 3 rings (SSSR count). The topological polar surface area (TPSA) is 62.1 Å². The predicted molar refractivity (Wildman–Crippen MR) is 85.1 cm³/mol. The molecule has 0 unspecified atom stereocenters. The molecular weight excluding hydrogens is 296 g/mol. The van der Waals surface area contributed by atoms with Crippen molar-refractivity contribution in [1.29, 1.82) is 0 Å². The Morgan fingerprint density at radius 2 is 1.91 bits per heavy atom. The van der Waals surface area contributed by atoms with E-state index in [9.17, 15) is 4.79 Å². The molecular formula is C17H16N2O4. The van der Waals surface area contributed by atoms with Crippen molar-refractivity contribution in [3.05, 3.63) is 48.3 Å². The third kappa shape index (κ3) is 2.59. The number of carbonyl (C=O) groups is 1. The van der Waals surface area contributed by atoms with Crippen molar-refractivity contribution in [3.8, 4) is 22.8 Å². The molecule has 3 aromatic rings. The first kappa shape index (κ1) is 14.9. The first-order valence-corrected chi connectivity index (χ1v) is 6.95. The van der Waals surface area contributed by atoms with Gasteiger partial charge in [0.2, 0.25) is 0 Å². The van der Waals surface area contributed by atoms with E-state index in [0.717, 1.165) is 17.0 Å². The zero-order valence-corrected chi connectivity index (χ0v) is 13.1. The van der Waals surface area contributed by atoms with Gasteiger partial charge >= 0.3 is 5.97 Å². The van der Waals surface area contributed by atoms with Gasteiger partial charge in [0.1, 0.15) is 17.1 Å². The molecule has 0 amide bonds. The molecule has 0 aliphatic carbocycles. The van der Waals surface area contributed by atoms with Crippen LogP contribution in [0.1, 0.15) is 10.4 Å². The second kappa shape index (κ2) is 6.00. The summed E-state index contributed by atoms with van der Waals surface area (Å²) in [5, 5.41) is 0. The molecule has 6 nitrogen and oxygen atoms in total. The Balaban J connectivity index is 2.16. The summed E-state index contributed by atoms with van der Waals surface area (Å²) in [6, 6.07) is 8.94. The van der Waals surface area contributed by atoms with E-state index < -0.39 is 5.97 Å². The number of ether oxygens (including phenoxy) is 3. The Hall–Kier alpha value is -3.02. The zero-order chi connectivity index (χ0) is 16.4. The van der Waals surface area contributed by atoms with Gasteiger partial charge in [-0.2, -0.15) is 0 Å². The first-order chi connectivity index (χ1) is 11.2. The SMILES string of the molecule is COC(=O)c1ccn2c(-c3cc(OC)ccc3OC)cnc2c1. The van der Waals surface area contributed by atoms with Crippen molar-refractivity contribution in [2.24, 2.45) is 0 Å². The lowest BCUT2D eigenvalue weighted by molar-refractivity contribution is 0.0600. The minimum Gasteiger partial charge on any atom is -0.497 e. The lowest BCUT2D eigenvalue weighted by Gasteiger charge is -2.10. The molecule has 0 N–H and O–H groups in total. The zero-order valence-electron chi connectivity index (χ0n) is 13.1. The van der Waals surface area contributed by atoms with Gasteiger partial charge in [0.25, 0.3) is 0 Å². The van der Waals surface area contributed by atoms with Crippen LogP contribution in [0.3, 0.4) is 0 Å². The number of rotatable bonds is 4. The third-order valence-electron chi connectivity index (χ3n) is 3.62. The van der Waals surface area contributed by atoms with E-state index in [1.54, 1.807) is 38.7 Å². The van der Waals surface area contributed by atoms with Gasteiger partial charge in [0.05, 0.1) is 38.8 Å². The highest BCUT2D eigenvalue weighted by Crippen LogP contribution is 2.33. The van der Waals surface area contributed by atoms with Crippen LogP contribution in [0.15, 0.2) is 42.7 Å². The number of esters is 1. The number of hydrogen-bond acceptors (Lipinski definition) is 5. The summed E-state index contributed by atoms with van der Waals surface area (Å²) in [4.78, 5) is 16.0. The third-order valence-corrected chi connectivity index (χ3v) is 3.62. The molecule has 6 heteroatoms. The van der Waals surface area contributed by atoms with Crippen molar-refractivity contribution in [2.45, 2.75) is 0 Å². The fourth-order valence-electron chi connectivity index (χ4n) is 2.44. The Kier molecular flexibility index (Phi) is 3.89. The molecule has 0 aliphatic rings. The standard InChI is InChI=1S/C17H16N2O4/c1-21-12-4-5-15(22-2)13(9-12)14-10-18-16-8-11(17(20)23-3)6-7-19(14)16/h4-10H,1-3H3. The molecule has 0 saturated heterocycles.